The van der Waals surface area contributed by atoms with Crippen LogP contribution in [0.3, 0.4) is 0 Å². The molecule has 0 bridgehead atoms. The molecule has 1 spiro atoms. The zero-order valence-electron chi connectivity index (χ0n) is 24.1. The van der Waals surface area contributed by atoms with Crippen LogP contribution in [0.2, 0.25) is 0 Å². The number of anilines is 1. The second-order valence-corrected chi connectivity index (χ2v) is 13.3. The molecule has 11 nitrogen and oxygen atoms in total. The van der Waals surface area contributed by atoms with Crippen LogP contribution in [-0.4, -0.2) is 81.1 Å². The molecule has 4 rings (SSSR count). The van der Waals surface area contributed by atoms with Crippen LogP contribution in [0.5, 0.6) is 5.75 Å². The number of fused-ring (bicyclic) bond motifs is 3. The monoisotopic (exact) mass is 675 g/mol. The van der Waals surface area contributed by atoms with Crippen molar-refractivity contribution in [1.82, 2.24) is 0 Å². The molecule has 1 aromatic rings. The summed E-state index contributed by atoms with van der Waals surface area (Å²) in [5.74, 6) is -6.18. The van der Waals surface area contributed by atoms with E-state index < -0.39 is 50.5 Å². The van der Waals surface area contributed by atoms with Gasteiger partial charge in [0.1, 0.15) is 24.5 Å². The molecular formula is C27H24F3NO10S3. The molecule has 3 aliphatic rings. The van der Waals surface area contributed by atoms with E-state index in [-0.39, 0.29) is 42.9 Å². The fourth-order valence-electron chi connectivity index (χ4n) is 4.91. The van der Waals surface area contributed by atoms with Crippen molar-refractivity contribution in [3.05, 3.63) is 49.0 Å². The normalized spacial score (nSPS) is 18.5. The number of alkyl halides is 3. The molecule has 0 radical (unpaired) electrons. The van der Waals surface area contributed by atoms with Crippen LogP contribution in [0, 0.1) is 0 Å². The van der Waals surface area contributed by atoms with Gasteiger partial charge in [-0.1, -0.05) is 35.3 Å². The van der Waals surface area contributed by atoms with Crippen molar-refractivity contribution in [1.29, 1.82) is 0 Å². The third kappa shape index (κ3) is 5.03. The molecular weight excluding hydrogens is 651 g/mol. The summed E-state index contributed by atoms with van der Waals surface area (Å²) in [4.78, 5) is 65.4. The predicted molar refractivity (Wildman–Crippen MR) is 155 cm³/mol. The van der Waals surface area contributed by atoms with Crippen LogP contribution in [0.1, 0.15) is 19.4 Å². The molecule has 3 heterocycles. The third-order valence-corrected chi connectivity index (χ3v) is 11.4. The summed E-state index contributed by atoms with van der Waals surface area (Å²) in [6.07, 6.45) is -5.32. The number of amides is 1. The SMILES string of the molecule is COC(=O)C1=C(C(=O)OC)SC2(S1)C(C(=O)OC)=C(C(=O)OC)SC1=C2c2ccc(OC)cc2N(C(=O)C(F)(F)F)C1(C)C. The first-order valence-corrected chi connectivity index (χ1v) is 14.7. The van der Waals surface area contributed by atoms with Crippen LogP contribution in [0.4, 0.5) is 18.9 Å². The van der Waals surface area contributed by atoms with Gasteiger partial charge in [-0.15, -0.1) is 0 Å². The quantitative estimate of drug-likeness (QED) is 0.327. The van der Waals surface area contributed by atoms with Gasteiger partial charge in [0.05, 0.1) is 52.3 Å². The number of esters is 4. The fraction of sp³-hybridized carbons (Fsp3) is 0.370. The molecule has 1 amide bonds. The predicted octanol–water partition coefficient (Wildman–Crippen LogP) is 4.17. The van der Waals surface area contributed by atoms with Crippen molar-refractivity contribution in [3.8, 4) is 5.75 Å². The van der Waals surface area contributed by atoms with Gasteiger partial charge in [-0.05, 0) is 26.0 Å². The highest BCUT2D eigenvalue weighted by Gasteiger charge is 2.63. The van der Waals surface area contributed by atoms with E-state index in [0.29, 0.717) is 40.2 Å². The number of rotatable bonds is 5. The summed E-state index contributed by atoms with van der Waals surface area (Å²) in [6, 6.07) is 4.03. The number of nitrogens with zero attached hydrogens (tertiary/aromatic N) is 1. The lowest BCUT2D eigenvalue weighted by Gasteiger charge is -2.50. The van der Waals surface area contributed by atoms with Gasteiger partial charge in [0.2, 0.25) is 0 Å². The maximum atomic E-state index is 14.1. The second-order valence-electron chi connectivity index (χ2n) is 9.54. The first-order chi connectivity index (χ1) is 20.5. The smallest absolute Gasteiger partial charge is 0.471 e. The summed E-state index contributed by atoms with van der Waals surface area (Å²) >= 11 is 1.92. The van der Waals surface area contributed by atoms with Crippen molar-refractivity contribution in [2.45, 2.75) is 29.6 Å². The standard InChI is InChI=1S/C27H24F3NO10S3/c1-25(2)19-14(12-9-8-11(37-3)10-13(12)31(25)24(36)27(28,29)30)26(15(20(32)38-4)16(42-19)21(33)39-5)43-17(22(34)40-6)18(44-26)23(35)41-7/h8-10H,1-7H3. The number of carbonyl (C=O) groups is 5. The number of thioether (sulfide) groups is 3. The molecule has 1 aromatic carbocycles. The van der Waals surface area contributed by atoms with Crippen molar-refractivity contribution in [2.75, 3.05) is 40.4 Å². The Kier molecular flexibility index (Phi) is 8.89. The summed E-state index contributed by atoms with van der Waals surface area (Å²) < 4.78 is 65.4. The van der Waals surface area contributed by atoms with Gasteiger partial charge in [-0.3, -0.25) is 9.69 Å². The second kappa shape index (κ2) is 11.7. The summed E-state index contributed by atoms with van der Waals surface area (Å²) in [5.41, 5.74) is -2.31. The van der Waals surface area contributed by atoms with E-state index >= 15 is 0 Å². The topological polar surface area (TPSA) is 135 Å². The highest BCUT2D eigenvalue weighted by molar-refractivity contribution is 8.26. The van der Waals surface area contributed by atoms with Crippen LogP contribution < -0.4 is 9.64 Å². The van der Waals surface area contributed by atoms with Crippen LogP contribution in [0.15, 0.2) is 43.4 Å². The number of hydrogen-bond donors (Lipinski definition) is 0. The molecule has 0 saturated heterocycles. The van der Waals surface area contributed by atoms with Crippen molar-refractivity contribution in [3.63, 3.8) is 0 Å². The Balaban J connectivity index is 2.20. The van der Waals surface area contributed by atoms with E-state index in [0.717, 1.165) is 28.4 Å². The molecule has 0 aliphatic carbocycles. The molecule has 17 heteroatoms. The number of halogens is 3. The zero-order valence-corrected chi connectivity index (χ0v) is 26.6. The Morgan fingerprint density at radius 2 is 1.27 bits per heavy atom. The van der Waals surface area contributed by atoms with Gasteiger partial charge in [-0.25, -0.2) is 19.2 Å². The zero-order chi connectivity index (χ0) is 32.9. The van der Waals surface area contributed by atoms with Crippen molar-refractivity contribution >= 4 is 76.3 Å². The minimum atomic E-state index is -5.32. The molecule has 236 valence electrons. The lowest BCUT2D eigenvalue weighted by Crippen LogP contribution is -2.57. The Hall–Kier alpha value is -3.57. The lowest BCUT2D eigenvalue weighted by atomic mass is 9.83. The maximum Gasteiger partial charge on any atom is 0.471 e. The van der Waals surface area contributed by atoms with Crippen molar-refractivity contribution < 1.29 is 60.8 Å². The van der Waals surface area contributed by atoms with Crippen LogP contribution in [0.25, 0.3) is 5.57 Å². The fourth-order valence-corrected chi connectivity index (χ4v) is 9.96. The van der Waals surface area contributed by atoms with Gasteiger partial charge in [0.25, 0.3) is 0 Å². The van der Waals surface area contributed by atoms with E-state index in [2.05, 4.69) is 0 Å². The Morgan fingerprint density at radius 3 is 1.73 bits per heavy atom. The Labute approximate surface area is 261 Å². The number of benzene rings is 1. The first kappa shape index (κ1) is 33.3. The highest BCUT2D eigenvalue weighted by Crippen LogP contribution is 2.71. The van der Waals surface area contributed by atoms with Gasteiger partial charge in [0.15, 0.2) is 0 Å². The van der Waals surface area contributed by atoms with E-state index in [1.54, 1.807) is 0 Å². The van der Waals surface area contributed by atoms with Gasteiger partial charge in [0, 0.05) is 22.1 Å². The maximum absolute atomic E-state index is 14.1. The average molecular weight is 676 g/mol. The summed E-state index contributed by atoms with van der Waals surface area (Å²) in [5, 5.41) is 0. The molecule has 0 atom stereocenters. The molecule has 3 aliphatic heterocycles. The Bertz CT molecular complexity index is 1570. The largest absolute Gasteiger partial charge is 0.497 e. The van der Waals surface area contributed by atoms with Gasteiger partial charge >= 0.3 is 36.0 Å². The van der Waals surface area contributed by atoms with Gasteiger partial charge in [-0.2, -0.15) is 13.2 Å². The minimum absolute atomic E-state index is 0.0193. The first-order valence-electron chi connectivity index (χ1n) is 12.3. The number of hydrogen-bond acceptors (Lipinski definition) is 13. The number of methoxy groups -OCH3 is 5. The average Bonchev–Trinajstić information content (AvgIpc) is 3.38. The minimum Gasteiger partial charge on any atom is -0.497 e. The van der Waals surface area contributed by atoms with Gasteiger partial charge < -0.3 is 23.7 Å². The molecule has 44 heavy (non-hydrogen) atoms. The van der Waals surface area contributed by atoms with Crippen molar-refractivity contribution in [2.24, 2.45) is 0 Å². The van der Waals surface area contributed by atoms with E-state index in [9.17, 15) is 37.1 Å². The van der Waals surface area contributed by atoms with E-state index in [1.807, 2.05) is 0 Å². The number of ether oxygens (including phenoxy) is 5. The molecule has 0 unspecified atom stereocenters. The molecule has 0 saturated carbocycles. The van der Waals surface area contributed by atoms with E-state index in [1.165, 1.54) is 39.2 Å². The van der Waals surface area contributed by atoms with Crippen LogP contribution in [-0.2, 0) is 42.9 Å². The molecule has 0 fully saturated rings. The summed E-state index contributed by atoms with van der Waals surface area (Å²) in [6.45, 7) is 2.65. The summed E-state index contributed by atoms with van der Waals surface area (Å²) in [7, 11) is 5.48. The number of carbonyl (C=O) groups excluding carboxylic acids is 5. The molecule has 0 N–H and O–H groups in total. The molecule has 0 aromatic heterocycles. The Morgan fingerprint density at radius 1 is 0.773 bits per heavy atom. The highest BCUT2D eigenvalue weighted by atomic mass is 32.2. The lowest BCUT2D eigenvalue weighted by molar-refractivity contribution is -0.171. The van der Waals surface area contributed by atoms with E-state index in [4.69, 9.17) is 23.7 Å². The third-order valence-electron chi connectivity index (χ3n) is 6.79. The van der Waals surface area contributed by atoms with Crippen LogP contribution >= 0.6 is 35.3 Å².